The molecule has 0 N–H and O–H groups in total. The highest BCUT2D eigenvalue weighted by molar-refractivity contribution is 5.88. The highest BCUT2D eigenvalue weighted by atomic mass is 16.1. The molecule has 0 saturated heterocycles. The van der Waals surface area contributed by atoms with Crippen LogP contribution in [0.4, 0.5) is 0 Å². The number of ketones is 1. The minimum absolute atomic E-state index is 0.0186. The zero-order chi connectivity index (χ0) is 14.8. The quantitative estimate of drug-likeness (QED) is 0.852. The molecule has 1 heterocycles. The van der Waals surface area contributed by atoms with Gasteiger partial charge in [0.15, 0.2) is 0 Å². The van der Waals surface area contributed by atoms with Crippen LogP contribution < -0.4 is 0 Å². The second-order valence-corrected chi connectivity index (χ2v) is 6.07. The van der Waals surface area contributed by atoms with Crippen molar-refractivity contribution in [2.75, 3.05) is 0 Å². The van der Waals surface area contributed by atoms with Gasteiger partial charge in [-0.1, -0.05) is 29.8 Å². The Morgan fingerprint density at radius 1 is 1.29 bits per heavy atom. The SMILES string of the molecule is Cc1ccc(C)c(CC(=O)C2CCCc3cccnc32)c1. The van der Waals surface area contributed by atoms with Crippen LogP contribution in [0.1, 0.15) is 46.7 Å². The fourth-order valence-electron chi connectivity index (χ4n) is 3.22. The first-order valence-electron chi connectivity index (χ1n) is 7.68. The fourth-order valence-corrected chi connectivity index (χ4v) is 3.22. The van der Waals surface area contributed by atoms with Gasteiger partial charge in [0.05, 0.1) is 11.6 Å². The normalized spacial score (nSPS) is 17.3. The summed E-state index contributed by atoms with van der Waals surface area (Å²) in [6.45, 7) is 4.15. The van der Waals surface area contributed by atoms with Crippen molar-refractivity contribution in [3.8, 4) is 0 Å². The largest absolute Gasteiger partial charge is 0.299 e. The molecule has 108 valence electrons. The Hall–Kier alpha value is -1.96. The van der Waals surface area contributed by atoms with E-state index in [1.807, 2.05) is 12.3 Å². The summed E-state index contributed by atoms with van der Waals surface area (Å²) in [7, 11) is 0. The highest BCUT2D eigenvalue weighted by Gasteiger charge is 2.27. The maximum Gasteiger partial charge on any atom is 0.146 e. The number of benzene rings is 1. The second kappa shape index (κ2) is 5.80. The van der Waals surface area contributed by atoms with E-state index in [1.165, 1.54) is 16.7 Å². The first kappa shape index (κ1) is 14.0. The molecule has 0 aliphatic heterocycles. The van der Waals surface area contributed by atoms with Crippen LogP contribution in [0.3, 0.4) is 0 Å². The Kier molecular flexibility index (Phi) is 3.87. The Balaban J connectivity index is 1.85. The van der Waals surface area contributed by atoms with Crippen molar-refractivity contribution >= 4 is 5.78 Å². The fraction of sp³-hybridized carbons (Fsp3) is 0.368. The minimum atomic E-state index is -0.0186. The number of Topliss-reactive ketones (excluding diaryl/α,β-unsaturated/α-hetero) is 1. The molecule has 0 amide bonds. The molecular weight excluding hydrogens is 258 g/mol. The average Bonchev–Trinajstić information content (AvgIpc) is 2.50. The van der Waals surface area contributed by atoms with Crippen LogP contribution in [0.5, 0.6) is 0 Å². The Labute approximate surface area is 126 Å². The number of aryl methyl sites for hydroxylation is 3. The van der Waals surface area contributed by atoms with Crippen molar-refractivity contribution in [1.82, 2.24) is 4.98 Å². The molecule has 0 bridgehead atoms. The first-order valence-corrected chi connectivity index (χ1v) is 7.68. The number of carbonyl (C=O) groups excluding carboxylic acids is 1. The standard InChI is InChI=1S/C19H21NO/c1-13-8-9-14(2)16(11-13)12-18(21)17-7-3-5-15-6-4-10-20-19(15)17/h4,6,8-11,17H,3,5,7,12H2,1-2H3. The van der Waals surface area contributed by atoms with Crippen molar-refractivity contribution in [3.05, 3.63) is 64.5 Å². The van der Waals surface area contributed by atoms with Crippen molar-refractivity contribution in [3.63, 3.8) is 0 Å². The maximum atomic E-state index is 12.8. The predicted molar refractivity (Wildman–Crippen MR) is 84.5 cm³/mol. The van der Waals surface area contributed by atoms with Crippen LogP contribution >= 0.6 is 0 Å². The number of hydrogen-bond donors (Lipinski definition) is 0. The molecule has 2 nitrogen and oxygen atoms in total. The smallest absolute Gasteiger partial charge is 0.146 e. The Bertz CT molecular complexity index is 675. The van der Waals surface area contributed by atoms with Gasteiger partial charge in [0.1, 0.15) is 5.78 Å². The lowest BCUT2D eigenvalue weighted by atomic mass is 9.82. The molecule has 1 unspecified atom stereocenters. The number of rotatable bonds is 3. The number of pyridine rings is 1. The number of aromatic nitrogens is 1. The van der Waals surface area contributed by atoms with E-state index in [0.717, 1.165) is 30.5 Å². The van der Waals surface area contributed by atoms with Gasteiger partial charge in [0.2, 0.25) is 0 Å². The van der Waals surface area contributed by atoms with Gasteiger partial charge in [-0.05, 0) is 55.9 Å². The van der Waals surface area contributed by atoms with E-state index in [4.69, 9.17) is 0 Å². The number of nitrogens with zero attached hydrogens (tertiary/aromatic N) is 1. The van der Waals surface area contributed by atoms with Gasteiger partial charge in [-0.15, -0.1) is 0 Å². The summed E-state index contributed by atoms with van der Waals surface area (Å²) in [4.78, 5) is 17.2. The topological polar surface area (TPSA) is 30.0 Å². The van der Waals surface area contributed by atoms with E-state index in [9.17, 15) is 4.79 Å². The highest BCUT2D eigenvalue weighted by Crippen LogP contribution is 2.31. The molecule has 0 saturated carbocycles. The molecule has 1 aromatic carbocycles. The molecule has 21 heavy (non-hydrogen) atoms. The molecule has 0 radical (unpaired) electrons. The Morgan fingerprint density at radius 2 is 2.14 bits per heavy atom. The molecule has 0 fully saturated rings. The molecule has 1 aliphatic rings. The summed E-state index contributed by atoms with van der Waals surface area (Å²) in [5.41, 5.74) is 5.83. The van der Waals surface area contributed by atoms with E-state index in [-0.39, 0.29) is 5.92 Å². The molecule has 2 heteroatoms. The van der Waals surface area contributed by atoms with Gasteiger partial charge < -0.3 is 0 Å². The number of hydrogen-bond acceptors (Lipinski definition) is 2. The molecule has 1 atom stereocenters. The lowest BCUT2D eigenvalue weighted by Gasteiger charge is -2.23. The predicted octanol–water partition coefficient (Wildman–Crippen LogP) is 3.93. The molecule has 1 aromatic heterocycles. The van der Waals surface area contributed by atoms with Gasteiger partial charge in [0.25, 0.3) is 0 Å². The number of fused-ring (bicyclic) bond motifs is 1. The van der Waals surface area contributed by atoms with E-state index >= 15 is 0 Å². The monoisotopic (exact) mass is 279 g/mol. The summed E-state index contributed by atoms with van der Waals surface area (Å²) in [5.74, 6) is 0.290. The summed E-state index contributed by atoms with van der Waals surface area (Å²) < 4.78 is 0. The third-order valence-electron chi connectivity index (χ3n) is 4.45. The molecule has 2 aromatic rings. The third-order valence-corrected chi connectivity index (χ3v) is 4.45. The van der Waals surface area contributed by atoms with Crippen LogP contribution in [0.15, 0.2) is 36.5 Å². The third kappa shape index (κ3) is 2.90. The van der Waals surface area contributed by atoms with Gasteiger partial charge in [-0.25, -0.2) is 0 Å². The van der Waals surface area contributed by atoms with Crippen LogP contribution in [-0.4, -0.2) is 10.8 Å². The van der Waals surface area contributed by atoms with Crippen LogP contribution in [0, 0.1) is 13.8 Å². The van der Waals surface area contributed by atoms with Crippen molar-refractivity contribution < 1.29 is 4.79 Å². The molecular formula is C19H21NO. The summed E-state index contributed by atoms with van der Waals surface area (Å²) in [5, 5.41) is 0. The van der Waals surface area contributed by atoms with Gasteiger partial charge >= 0.3 is 0 Å². The van der Waals surface area contributed by atoms with Crippen molar-refractivity contribution in [1.29, 1.82) is 0 Å². The Morgan fingerprint density at radius 3 is 3.00 bits per heavy atom. The first-order chi connectivity index (χ1) is 10.1. The zero-order valence-electron chi connectivity index (χ0n) is 12.7. The molecule has 0 spiro atoms. The molecule has 3 rings (SSSR count). The lowest BCUT2D eigenvalue weighted by molar-refractivity contribution is -0.120. The summed E-state index contributed by atoms with van der Waals surface area (Å²) in [6.07, 6.45) is 5.41. The van der Waals surface area contributed by atoms with E-state index < -0.39 is 0 Å². The maximum absolute atomic E-state index is 12.8. The van der Waals surface area contributed by atoms with Crippen molar-refractivity contribution in [2.45, 2.75) is 45.4 Å². The minimum Gasteiger partial charge on any atom is -0.299 e. The molecule has 1 aliphatic carbocycles. The van der Waals surface area contributed by atoms with E-state index in [0.29, 0.717) is 12.2 Å². The number of carbonyl (C=O) groups is 1. The second-order valence-electron chi connectivity index (χ2n) is 6.07. The van der Waals surface area contributed by atoms with E-state index in [2.05, 4.69) is 43.1 Å². The zero-order valence-corrected chi connectivity index (χ0v) is 12.7. The van der Waals surface area contributed by atoms with Crippen LogP contribution in [0.25, 0.3) is 0 Å². The van der Waals surface area contributed by atoms with Crippen molar-refractivity contribution in [2.24, 2.45) is 0 Å². The van der Waals surface area contributed by atoms with Gasteiger partial charge in [0, 0.05) is 12.6 Å². The average molecular weight is 279 g/mol. The van der Waals surface area contributed by atoms with Crippen LogP contribution in [0.2, 0.25) is 0 Å². The lowest BCUT2D eigenvalue weighted by Crippen LogP contribution is -2.21. The van der Waals surface area contributed by atoms with Gasteiger partial charge in [-0.2, -0.15) is 0 Å². The summed E-state index contributed by atoms with van der Waals surface area (Å²) >= 11 is 0. The van der Waals surface area contributed by atoms with E-state index in [1.54, 1.807) is 0 Å². The van der Waals surface area contributed by atoms with Gasteiger partial charge in [-0.3, -0.25) is 9.78 Å². The van der Waals surface area contributed by atoms with Crippen LogP contribution in [-0.2, 0) is 17.6 Å². The summed E-state index contributed by atoms with van der Waals surface area (Å²) in [6, 6.07) is 10.4.